The van der Waals surface area contributed by atoms with Gasteiger partial charge in [-0.05, 0) is 43.9 Å². The van der Waals surface area contributed by atoms with Crippen molar-refractivity contribution in [2.75, 3.05) is 7.11 Å². The smallest absolute Gasteiger partial charge is 0.0722 e. The highest BCUT2D eigenvalue weighted by Gasteiger charge is 2.61. The fraction of sp³-hybridized carbons (Fsp3) is 1.00. The van der Waals surface area contributed by atoms with Gasteiger partial charge < -0.3 is 4.74 Å². The van der Waals surface area contributed by atoms with E-state index >= 15 is 0 Å². The van der Waals surface area contributed by atoms with E-state index in [2.05, 4.69) is 0 Å². The molecule has 2 heteroatoms. The molecule has 3 aliphatic rings. The summed E-state index contributed by atoms with van der Waals surface area (Å²) in [6, 6.07) is 0. The molecule has 74 valence electrons. The monoisotopic (exact) mass is 198 g/mol. The molecule has 0 aliphatic heterocycles. The summed E-state index contributed by atoms with van der Waals surface area (Å²) in [4.78, 5) is 0. The van der Waals surface area contributed by atoms with Crippen LogP contribution in [0, 0.1) is 17.8 Å². The molecular weight excluding hydrogens is 180 g/mol. The van der Waals surface area contributed by atoms with E-state index in [1.54, 1.807) is 0 Å². The van der Waals surface area contributed by atoms with Crippen LogP contribution < -0.4 is 0 Å². The van der Waals surface area contributed by atoms with Gasteiger partial charge in [-0.3, -0.25) is 0 Å². The van der Waals surface area contributed by atoms with Crippen molar-refractivity contribution < 1.29 is 4.74 Å². The van der Waals surface area contributed by atoms with Crippen molar-refractivity contribution in [1.82, 2.24) is 0 Å². The first kappa shape index (κ1) is 8.60. The minimum atomic E-state index is 0.248. The molecule has 3 fully saturated rings. The van der Waals surface area contributed by atoms with Crippen LogP contribution in [0.15, 0.2) is 0 Å². The van der Waals surface area contributed by atoms with Crippen molar-refractivity contribution in [2.45, 2.75) is 43.0 Å². The van der Waals surface area contributed by atoms with Gasteiger partial charge in [-0.2, -0.15) is 12.6 Å². The third-order valence-corrected chi connectivity index (χ3v) is 5.42. The normalized spacial score (nSPS) is 58.6. The first-order chi connectivity index (χ1) is 6.27. The number of fused-ring (bicyclic) bond motifs is 5. The molecule has 0 aromatic carbocycles. The second-order valence-electron chi connectivity index (χ2n) is 5.11. The minimum Gasteiger partial charge on any atom is -0.378 e. The van der Waals surface area contributed by atoms with Crippen LogP contribution in [-0.2, 0) is 4.74 Å². The van der Waals surface area contributed by atoms with Crippen molar-refractivity contribution in [3.05, 3.63) is 0 Å². The number of hydrogen-bond donors (Lipinski definition) is 1. The van der Waals surface area contributed by atoms with Crippen molar-refractivity contribution in [3.8, 4) is 0 Å². The average molecular weight is 198 g/mol. The topological polar surface area (TPSA) is 9.23 Å². The molecule has 3 rings (SSSR count). The number of hydrogen-bond acceptors (Lipinski definition) is 2. The molecule has 0 saturated heterocycles. The number of rotatable bonds is 1. The van der Waals surface area contributed by atoms with Gasteiger partial charge in [-0.25, -0.2) is 0 Å². The zero-order chi connectivity index (χ0) is 9.05. The maximum Gasteiger partial charge on any atom is 0.0722 e. The van der Waals surface area contributed by atoms with Gasteiger partial charge >= 0.3 is 0 Å². The summed E-state index contributed by atoms with van der Waals surface area (Å²) >= 11 is 4.73. The molecule has 0 spiro atoms. The third-order valence-electron chi connectivity index (χ3n) is 4.84. The highest BCUT2D eigenvalue weighted by Crippen LogP contribution is 2.63. The van der Waals surface area contributed by atoms with Crippen LogP contribution in [0.1, 0.15) is 32.1 Å². The molecular formula is C11H18OS. The van der Waals surface area contributed by atoms with Crippen LogP contribution in [0.3, 0.4) is 0 Å². The third kappa shape index (κ3) is 0.940. The number of methoxy groups -OCH3 is 1. The zero-order valence-electron chi connectivity index (χ0n) is 8.20. The Bertz CT molecular complexity index is 230. The molecule has 5 atom stereocenters. The molecule has 0 N–H and O–H groups in total. The first-order valence-corrected chi connectivity index (χ1v) is 6.02. The van der Waals surface area contributed by atoms with Crippen molar-refractivity contribution in [2.24, 2.45) is 17.8 Å². The molecule has 0 aromatic rings. The van der Waals surface area contributed by atoms with Gasteiger partial charge in [0.25, 0.3) is 0 Å². The highest BCUT2D eigenvalue weighted by molar-refractivity contribution is 7.81. The molecule has 2 bridgehead atoms. The predicted molar refractivity (Wildman–Crippen MR) is 56.1 cm³/mol. The Morgan fingerprint density at radius 1 is 1.31 bits per heavy atom. The van der Waals surface area contributed by atoms with Crippen LogP contribution >= 0.6 is 12.6 Å². The Morgan fingerprint density at radius 3 is 2.92 bits per heavy atom. The van der Waals surface area contributed by atoms with E-state index < -0.39 is 0 Å². The maximum atomic E-state index is 5.83. The summed E-state index contributed by atoms with van der Waals surface area (Å²) in [6.45, 7) is 0. The summed E-state index contributed by atoms with van der Waals surface area (Å²) in [5, 5.41) is 0.621. The van der Waals surface area contributed by atoms with E-state index in [9.17, 15) is 0 Å². The van der Waals surface area contributed by atoms with Gasteiger partial charge in [0.05, 0.1) is 5.60 Å². The second kappa shape index (κ2) is 2.66. The largest absolute Gasteiger partial charge is 0.378 e. The average Bonchev–Trinajstić information content (AvgIpc) is 2.76. The molecule has 0 aromatic heterocycles. The SMILES string of the molecule is COC12CCC(C1)C1CCC(S)C12. The zero-order valence-corrected chi connectivity index (χ0v) is 9.09. The maximum absolute atomic E-state index is 5.83. The summed E-state index contributed by atoms with van der Waals surface area (Å²) in [5.74, 6) is 2.71. The van der Waals surface area contributed by atoms with Gasteiger partial charge in [0, 0.05) is 18.3 Å². The molecule has 0 heterocycles. The first-order valence-electron chi connectivity index (χ1n) is 5.50. The van der Waals surface area contributed by atoms with Crippen molar-refractivity contribution in [1.29, 1.82) is 0 Å². The van der Waals surface area contributed by atoms with E-state index in [1.165, 1.54) is 32.1 Å². The predicted octanol–water partition coefficient (Wildman–Crippen LogP) is 2.51. The van der Waals surface area contributed by atoms with Crippen LogP contribution in [0.25, 0.3) is 0 Å². The summed E-state index contributed by atoms with van der Waals surface area (Å²) < 4.78 is 5.83. The second-order valence-corrected chi connectivity index (χ2v) is 5.77. The minimum absolute atomic E-state index is 0.248. The standard InChI is InChI=1S/C11H18OS/c1-12-11-5-4-7(6-11)8-2-3-9(13)10(8)11/h7-10,13H,2-6H2,1H3. The van der Waals surface area contributed by atoms with Crippen molar-refractivity contribution in [3.63, 3.8) is 0 Å². The Hall–Kier alpha value is 0.310. The van der Waals surface area contributed by atoms with Crippen molar-refractivity contribution >= 4 is 12.6 Å². The fourth-order valence-electron chi connectivity index (χ4n) is 4.34. The summed E-state index contributed by atoms with van der Waals surface area (Å²) in [6.07, 6.45) is 6.77. The lowest BCUT2D eigenvalue weighted by atomic mass is 9.79. The van der Waals surface area contributed by atoms with Gasteiger partial charge in [0.2, 0.25) is 0 Å². The molecule has 3 saturated carbocycles. The molecule has 3 aliphatic carbocycles. The highest BCUT2D eigenvalue weighted by atomic mass is 32.1. The Kier molecular flexibility index (Phi) is 1.76. The molecule has 0 amide bonds. The van der Waals surface area contributed by atoms with E-state index in [-0.39, 0.29) is 5.60 Å². The summed E-state index contributed by atoms with van der Waals surface area (Å²) in [5.41, 5.74) is 0.248. The van der Waals surface area contributed by atoms with Gasteiger partial charge in [0.15, 0.2) is 0 Å². The molecule has 1 nitrogen and oxygen atoms in total. The molecule has 0 radical (unpaired) electrons. The van der Waals surface area contributed by atoms with Crippen LogP contribution in [0.5, 0.6) is 0 Å². The Morgan fingerprint density at radius 2 is 2.15 bits per heavy atom. The Labute approximate surface area is 85.6 Å². The Balaban J connectivity index is 1.96. The van der Waals surface area contributed by atoms with Gasteiger partial charge in [-0.1, -0.05) is 0 Å². The van der Waals surface area contributed by atoms with E-state index in [1.807, 2.05) is 7.11 Å². The van der Waals surface area contributed by atoms with Crippen LogP contribution in [0.2, 0.25) is 0 Å². The molecule has 5 unspecified atom stereocenters. The lowest BCUT2D eigenvalue weighted by molar-refractivity contribution is -0.0453. The van der Waals surface area contributed by atoms with Gasteiger partial charge in [0.1, 0.15) is 0 Å². The van der Waals surface area contributed by atoms with Gasteiger partial charge in [-0.15, -0.1) is 0 Å². The van der Waals surface area contributed by atoms with Crippen LogP contribution in [-0.4, -0.2) is 18.0 Å². The number of ether oxygens (including phenoxy) is 1. The fourth-order valence-corrected chi connectivity index (χ4v) is 4.99. The lowest BCUT2D eigenvalue weighted by Gasteiger charge is -2.36. The van der Waals surface area contributed by atoms with E-state index in [0.29, 0.717) is 5.25 Å². The molecule has 13 heavy (non-hydrogen) atoms. The van der Waals surface area contributed by atoms with E-state index in [0.717, 1.165) is 17.8 Å². The quantitative estimate of drug-likeness (QED) is 0.637. The van der Waals surface area contributed by atoms with Crippen LogP contribution in [0.4, 0.5) is 0 Å². The number of thiol groups is 1. The lowest BCUT2D eigenvalue weighted by Crippen LogP contribution is -2.40. The summed E-state index contributed by atoms with van der Waals surface area (Å²) in [7, 11) is 1.91. The van der Waals surface area contributed by atoms with E-state index in [4.69, 9.17) is 17.4 Å².